The molecule has 9 rings (SSSR count). The van der Waals surface area contributed by atoms with Crippen molar-refractivity contribution in [3.63, 3.8) is 0 Å². The summed E-state index contributed by atoms with van der Waals surface area (Å²) >= 11 is 0. The Morgan fingerprint density at radius 2 is 1.73 bits per heavy atom. The van der Waals surface area contributed by atoms with Crippen LogP contribution in [0.25, 0.3) is 11.5 Å². The third kappa shape index (κ3) is 8.03. The summed E-state index contributed by atoms with van der Waals surface area (Å²) in [6, 6.07) is 12.6. The Morgan fingerprint density at radius 1 is 0.903 bits per heavy atom. The first-order valence-corrected chi connectivity index (χ1v) is 21.5. The number of piperazine rings is 1. The summed E-state index contributed by atoms with van der Waals surface area (Å²) in [5, 5.41) is 10.7. The highest BCUT2D eigenvalue weighted by Gasteiger charge is 2.39. The van der Waals surface area contributed by atoms with Crippen molar-refractivity contribution >= 4 is 41.2 Å². The molecule has 17 heteroatoms. The molecular formula is C45H50N12O5. The van der Waals surface area contributed by atoms with E-state index in [1.807, 2.05) is 47.9 Å². The molecule has 2 atom stereocenters. The number of piperidine rings is 1. The number of rotatable bonds is 10. The fourth-order valence-corrected chi connectivity index (χ4v) is 9.11. The van der Waals surface area contributed by atoms with Gasteiger partial charge in [0.25, 0.3) is 11.8 Å². The van der Waals surface area contributed by atoms with Crippen molar-refractivity contribution in [2.75, 3.05) is 62.7 Å². The number of likely N-dealkylation sites (N-methyl/N-ethyl adjacent to an activating group) is 1. The Morgan fingerprint density at radius 3 is 2.50 bits per heavy atom. The number of aryl methyl sites for hydroxylation is 1. The number of benzene rings is 1. The SMILES string of the molecule is CCn1cnnc1-c1cccc(N2Cc3c(cc(N4CCC[C@H]4C)nc3CN(C)C(=O)CN3CCN(CC#Cc4ccc5c(c4)CN(C4CCC(=O)NC4=O)C5=O)CC3)C2=O)n1. The normalized spacial score (nSPS) is 20.3. The lowest BCUT2D eigenvalue weighted by Crippen LogP contribution is -2.52. The summed E-state index contributed by atoms with van der Waals surface area (Å²) < 4.78 is 1.91. The fraction of sp³-hybridized carbons (Fsp3) is 0.444. The number of hydrogen-bond donors (Lipinski definition) is 1. The van der Waals surface area contributed by atoms with Crippen molar-refractivity contribution in [3.8, 4) is 23.4 Å². The van der Waals surface area contributed by atoms with Gasteiger partial charge in [0.1, 0.15) is 29.7 Å². The minimum absolute atomic E-state index is 0.0180. The number of anilines is 2. The third-order valence-corrected chi connectivity index (χ3v) is 12.7. The van der Waals surface area contributed by atoms with E-state index in [-0.39, 0.29) is 43.1 Å². The molecule has 1 aromatic carbocycles. The van der Waals surface area contributed by atoms with E-state index in [2.05, 4.69) is 49.0 Å². The van der Waals surface area contributed by atoms with E-state index >= 15 is 0 Å². The van der Waals surface area contributed by atoms with Gasteiger partial charge in [-0.15, -0.1) is 10.2 Å². The number of pyridine rings is 2. The van der Waals surface area contributed by atoms with E-state index in [1.54, 1.807) is 34.1 Å². The van der Waals surface area contributed by atoms with Crippen LogP contribution in [0.15, 0.2) is 48.8 Å². The van der Waals surface area contributed by atoms with Gasteiger partial charge in [-0.3, -0.25) is 44.0 Å². The van der Waals surface area contributed by atoms with Crippen LogP contribution >= 0.6 is 0 Å². The Hall–Kier alpha value is -6.51. The van der Waals surface area contributed by atoms with Crippen molar-refractivity contribution in [2.45, 2.75) is 77.8 Å². The topological polar surface area (TPSA) is 173 Å². The zero-order valence-corrected chi connectivity index (χ0v) is 35.3. The van der Waals surface area contributed by atoms with Crippen LogP contribution in [0.5, 0.6) is 0 Å². The van der Waals surface area contributed by atoms with Crippen LogP contribution in [0, 0.1) is 11.8 Å². The molecule has 5 amide bonds. The van der Waals surface area contributed by atoms with Crippen LogP contribution in [0.1, 0.15) is 82.6 Å². The highest BCUT2D eigenvalue weighted by atomic mass is 16.2. The summed E-state index contributed by atoms with van der Waals surface area (Å²) in [6.45, 7) is 10.4. The number of carbonyl (C=O) groups is 5. The zero-order chi connectivity index (χ0) is 43.1. The van der Waals surface area contributed by atoms with Crippen LogP contribution in [-0.4, -0.2) is 139 Å². The Labute approximate surface area is 360 Å². The first-order chi connectivity index (χ1) is 30.0. The standard InChI is InChI=1S/C45H50N12O5/c1-4-54-28-46-50-42(54)35-10-5-11-38(47-35)57-25-34-33(45(57)62)23-39(55-17-6-8-29(55)2)48-36(34)26-51(3)41(59)27-53-20-18-52(19-21-53)16-7-9-30-12-13-32-31(22-30)24-56(44(32)61)37-14-15-40(58)49-43(37)60/h5,10-13,22-23,28-29,37H,4,6,8,14-21,24-27H2,1-3H3,(H,49,58,60)/t29-,37?/m1/s1. The lowest BCUT2D eigenvalue weighted by Gasteiger charge is -2.34. The molecule has 8 heterocycles. The molecule has 3 saturated heterocycles. The minimum Gasteiger partial charge on any atom is -0.354 e. The predicted octanol–water partition coefficient (Wildman–Crippen LogP) is 2.29. The molecule has 320 valence electrons. The number of nitrogens with one attached hydrogen (secondary N) is 1. The van der Waals surface area contributed by atoms with Crippen molar-refractivity contribution in [1.29, 1.82) is 0 Å². The Bertz CT molecular complexity index is 2520. The van der Waals surface area contributed by atoms with Gasteiger partial charge in [0.2, 0.25) is 17.7 Å². The molecule has 17 nitrogen and oxygen atoms in total. The highest BCUT2D eigenvalue weighted by Crippen LogP contribution is 2.35. The average Bonchev–Trinajstić information content (AvgIpc) is 4.07. The second-order valence-corrected chi connectivity index (χ2v) is 16.7. The van der Waals surface area contributed by atoms with Gasteiger partial charge in [-0.1, -0.05) is 17.9 Å². The summed E-state index contributed by atoms with van der Waals surface area (Å²) in [7, 11) is 1.80. The van der Waals surface area contributed by atoms with Gasteiger partial charge in [-0.05, 0) is 75.1 Å². The van der Waals surface area contributed by atoms with Crippen LogP contribution in [0.4, 0.5) is 11.6 Å². The number of aromatic nitrogens is 5. The summed E-state index contributed by atoms with van der Waals surface area (Å²) in [4.78, 5) is 86.6. The molecule has 5 aliphatic rings. The minimum atomic E-state index is -0.650. The number of hydrogen-bond acceptors (Lipinski definition) is 12. The smallest absolute Gasteiger partial charge is 0.260 e. The molecule has 1 N–H and O–H groups in total. The van der Waals surface area contributed by atoms with Crippen LogP contribution in [0.2, 0.25) is 0 Å². The molecule has 3 fully saturated rings. The van der Waals surface area contributed by atoms with Gasteiger partial charge < -0.3 is 19.3 Å². The number of fused-ring (bicyclic) bond motifs is 2. The second-order valence-electron chi connectivity index (χ2n) is 16.7. The van der Waals surface area contributed by atoms with E-state index in [0.29, 0.717) is 67.1 Å². The van der Waals surface area contributed by atoms with Gasteiger partial charge in [-0.25, -0.2) is 9.97 Å². The molecule has 0 saturated carbocycles. The number of imide groups is 1. The maximum Gasteiger partial charge on any atom is 0.260 e. The lowest BCUT2D eigenvalue weighted by atomic mass is 10.0. The Balaban J connectivity index is 0.814. The zero-order valence-electron chi connectivity index (χ0n) is 35.3. The predicted molar refractivity (Wildman–Crippen MR) is 228 cm³/mol. The molecule has 5 aliphatic heterocycles. The molecule has 1 unspecified atom stereocenters. The average molecular weight is 839 g/mol. The van der Waals surface area contributed by atoms with Crippen molar-refractivity contribution < 1.29 is 24.0 Å². The number of amides is 5. The van der Waals surface area contributed by atoms with Crippen molar-refractivity contribution in [3.05, 3.63) is 82.3 Å². The monoisotopic (exact) mass is 838 g/mol. The van der Waals surface area contributed by atoms with Crippen molar-refractivity contribution in [1.82, 2.24) is 49.6 Å². The maximum absolute atomic E-state index is 14.2. The van der Waals surface area contributed by atoms with Crippen LogP contribution < -0.4 is 15.1 Å². The van der Waals surface area contributed by atoms with E-state index in [4.69, 9.17) is 9.97 Å². The number of nitrogens with zero attached hydrogens (tertiary/aromatic N) is 11. The van der Waals surface area contributed by atoms with Gasteiger partial charge in [0, 0.05) is 82.0 Å². The van der Waals surface area contributed by atoms with E-state index in [9.17, 15) is 24.0 Å². The van der Waals surface area contributed by atoms with Crippen LogP contribution in [-0.2, 0) is 40.6 Å². The first kappa shape index (κ1) is 40.9. The summed E-state index contributed by atoms with van der Waals surface area (Å²) in [6.07, 6.45) is 4.32. The molecular weight excluding hydrogens is 789 g/mol. The molecule has 0 spiro atoms. The second kappa shape index (κ2) is 17.1. The van der Waals surface area contributed by atoms with Crippen molar-refractivity contribution in [2.24, 2.45) is 0 Å². The molecule has 0 aliphatic carbocycles. The molecule has 62 heavy (non-hydrogen) atoms. The van der Waals surface area contributed by atoms with E-state index in [0.717, 1.165) is 73.8 Å². The largest absolute Gasteiger partial charge is 0.354 e. The van der Waals surface area contributed by atoms with E-state index in [1.165, 1.54) is 0 Å². The van der Waals surface area contributed by atoms with E-state index < -0.39 is 11.9 Å². The Kier molecular flexibility index (Phi) is 11.3. The molecule has 3 aromatic heterocycles. The summed E-state index contributed by atoms with van der Waals surface area (Å²) in [5.41, 5.74) is 4.94. The molecule has 0 radical (unpaired) electrons. The van der Waals surface area contributed by atoms with Gasteiger partial charge >= 0.3 is 0 Å². The van der Waals surface area contributed by atoms with Gasteiger partial charge in [-0.2, -0.15) is 0 Å². The first-order valence-electron chi connectivity index (χ1n) is 21.5. The maximum atomic E-state index is 14.2. The highest BCUT2D eigenvalue weighted by molar-refractivity contribution is 6.10. The quantitative estimate of drug-likeness (QED) is 0.183. The molecule has 0 bridgehead atoms. The number of carbonyl (C=O) groups excluding carboxylic acids is 5. The summed E-state index contributed by atoms with van der Waals surface area (Å²) in [5.74, 6) is 7.33. The van der Waals surface area contributed by atoms with Gasteiger partial charge in [0.05, 0.1) is 37.4 Å². The molecule has 4 aromatic rings. The lowest BCUT2D eigenvalue weighted by molar-refractivity contribution is -0.137. The van der Waals surface area contributed by atoms with Crippen LogP contribution in [0.3, 0.4) is 0 Å². The fourth-order valence-electron chi connectivity index (χ4n) is 9.11. The van der Waals surface area contributed by atoms with Gasteiger partial charge in [0.15, 0.2) is 5.82 Å². The third-order valence-electron chi connectivity index (χ3n) is 12.7.